The molecule has 2 aliphatic rings. The van der Waals surface area contributed by atoms with Crippen molar-refractivity contribution in [2.45, 2.75) is 77.8 Å². The van der Waals surface area contributed by atoms with Gasteiger partial charge in [0.2, 0.25) is 11.8 Å². The Kier molecular flexibility index (Phi) is 4.89. The number of likely N-dealkylation sites (tertiary alicyclic amines) is 1. The summed E-state index contributed by atoms with van der Waals surface area (Å²) in [5.41, 5.74) is 0.673. The minimum atomic E-state index is -0.290. The predicted molar refractivity (Wildman–Crippen MR) is 97.3 cm³/mol. The third-order valence-electron chi connectivity index (χ3n) is 5.34. The van der Waals surface area contributed by atoms with Crippen LogP contribution < -0.4 is 5.32 Å². The van der Waals surface area contributed by atoms with E-state index < -0.39 is 0 Å². The van der Waals surface area contributed by atoms with E-state index in [1.165, 1.54) is 19.3 Å². The van der Waals surface area contributed by atoms with Gasteiger partial charge in [-0.1, -0.05) is 19.3 Å². The van der Waals surface area contributed by atoms with Crippen LogP contribution >= 0.6 is 0 Å². The lowest BCUT2D eigenvalue weighted by Crippen LogP contribution is -2.42. The van der Waals surface area contributed by atoms with Crippen molar-refractivity contribution in [3.05, 3.63) is 11.8 Å². The van der Waals surface area contributed by atoms with Crippen LogP contribution in [0.5, 0.6) is 0 Å². The molecule has 1 N–H and O–H groups in total. The van der Waals surface area contributed by atoms with Gasteiger partial charge in [-0.2, -0.15) is 5.10 Å². The molecule has 1 aromatic rings. The summed E-state index contributed by atoms with van der Waals surface area (Å²) in [7, 11) is 0. The Labute approximate surface area is 149 Å². The Balaban J connectivity index is 1.70. The molecular weight excluding hydrogens is 316 g/mol. The van der Waals surface area contributed by atoms with Crippen LogP contribution in [0.25, 0.3) is 0 Å². The number of anilines is 1. The van der Waals surface area contributed by atoms with Crippen LogP contribution in [0.3, 0.4) is 0 Å². The molecule has 2 amide bonds. The second-order valence-corrected chi connectivity index (χ2v) is 8.47. The summed E-state index contributed by atoms with van der Waals surface area (Å²) in [5.74, 6) is 0.472. The molecule has 1 aromatic heterocycles. The van der Waals surface area contributed by atoms with E-state index in [1.807, 2.05) is 38.4 Å². The number of carbonyl (C=O) groups excluding carboxylic acids is 2. The molecule has 138 valence electrons. The van der Waals surface area contributed by atoms with Crippen molar-refractivity contribution in [3.63, 3.8) is 0 Å². The lowest BCUT2D eigenvalue weighted by molar-refractivity contribution is -0.131. The first-order valence-electron chi connectivity index (χ1n) is 9.43. The molecule has 1 atom stereocenters. The van der Waals surface area contributed by atoms with Crippen molar-refractivity contribution in [2.75, 3.05) is 11.9 Å². The Morgan fingerprint density at radius 2 is 1.92 bits per heavy atom. The Bertz CT molecular complexity index is 653. The van der Waals surface area contributed by atoms with E-state index in [9.17, 15) is 9.59 Å². The average molecular weight is 346 g/mol. The number of nitrogens with one attached hydrogen (secondary N) is 1. The smallest absolute Gasteiger partial charge is 0.230 e. The minimum Gasteiger partial charge on any atom is -0.337 e. The van der Waals surface area contributed by atoms with Crippen molar-refractivity contribution < 1.29 is 9.59 Å². The molecule has 25 heavy (non-hydrogen) atoms. The van der Waals surface area contributed by atoms with Crippen molar-refractivity contribution in [1.82, 2.24) is 14.7 Å². The summed E-state index contributed by atoms with van der Waals surface area (Å²) in [5, 5.41) is 7.65. The third kappa shape index (κ3) is 3.88. The normalized spacial score (nSPS) is 22.5. The van der Waals surface area contributed by atoms with E-state index in [1.54, 1.807) is 4.90 Å². The molecule has 1 saturated heterocycles. The second-order valence-electron chi connectivity index (χ2n) is 8.47. The van der Waals surface area contributed by atoms with Crippen LogP contribution in [-0.2, 0) is 9.59 Å². The summed E-state index contributed by atoms with van der Waals surface area (Å²) in [6, 6.07) is 2.30. The van der Waals surface area contributed by atoms with Crippen molar-refractivity contribution in [2.24, 2.45) is 5.92 Å². The number of hydrogen-bond acceptors (Lipinski definition) is 3. The van der Waals surface area contributed by atoms with Gasteiger partial charge in [0.1, 0.15) is 5.82 Å². The Morgan fingerprint density at radius 1 is 1.24 bits per heavy atom. The first-order valence-corrected chi connectivity index (χ1v) is 9.43. The molecule has 2 heterocycles. The van der Waals surface area contributed by atoms with E-state index in [4.69, 9.17) is 0 Å². The quantitative estimate of drug-likeness (QED) is 0.913. The molecule has 1 aliphatic heterocycles. The van der Waals surface area contributed by atoms with Gasteiger partial charge in [-0.05, 0) is 40.5 Å². The number of rotatable bonds is 3. The zero-order chi connectivity index (χ0) is 18.2. The monoisotopic (exact) mass is 346 g/mol. The molecule has 6 heteroatoms. The summed E-state index contributed by atoms with van der Waals surface area (Å²) in [6.07, 6.45) is 6.24. The standard InChI is InChI=1S/C19H30N4O2/c1-13-10-16(23(21-13)15-8-6-5-7-9-15)20-18(25)14-11-17(24)22(12-14)19(2,3)4/h10,14-15H,5-9,11-12H2,1-4H3,(H,20,25)/t14-/m0/s1. The molecule has 3 rings (SSSR count). The number of aryl methyl sites for hydroxylation is 1. The first kappa shape index (κ1) is 18.0. The molecule has 0 bridgehead atoms. The largest absolute Gasteiger partial charge is 0.337 e. The highest BCUT2D eigenvalue weighted by Gasteiger charge is 2.39. The summed E-state index contributed by atoms with van der Waals surface area (Å²) in [6.45, 7) is 8.46. The fourth-order valence-corrected chi connectivity index (χ4v) is 3.97. The molecule has 6 nitrogen and oxygen atoms in total. The molecule has 1 saturated carbocycles. The van der Waals surface area contributed by atoms with Gasteiger partial charge in [0.05, 0.1) is 17.7 Å². The molecule has 0 unspecified atom stereocenters. The number of nitrogens with zero attached hydrogens (tertiary/aromatic N) is 3. The maximum atomic E-state index is 12.7. The van der Waals surface area contributed by atoms with Gasteiger partial charge in [-0.3, -0.25) is 9.59 Å². The van der Waals surface area contributed by atoms with Crippen LogP contribution in [0.2, 0.25) is 0 Å². The number of amides is 2. The number of aromatic nitrogens is 2. The molecular formula is C19H30N4O2. The number of carbonyl (C=O) groups is 2. The molecule has 0 spiro atoms. The van der Waals surface area contributed by atoms with Gasteiger partial charge in [-0.15, -0.1) is 0 Å². The van der Waals surface area contributed by atoms with Gasteiger partial charge in [0, 0.05) is 24.6 Å². The van der Waals surface area contributed by atoms with Crippen LogP contribution in [0.4, 0.5) is 5.82 Å². The fourth-order valence-electron chi connectivity index (χ4n) is 3.97. The van der Waals surface area contributed by atoms with Gasteiger partial charge >= 0.3 is 0 Å². The highest BCUT2D eigenvalue weighted by atomic mass is 16.2. The summed E-state index contributed by atoms with van der Waals surface area (Å²) >= 11 is 0. The first-order chi connectivity index (χ1) is 11.8. The van der Waals surface area contributed by atoms with Gasteiger partial charge in [0.15, 0.2) is 0 Å². The summed E-state index contributed by atoms with van der Waals surface area (Å²) < 4.78 is 1.99. The molecule has 2 fully saturated rings. The molecule has 1 aliphatic carbocycles. The van der Waals surface area contributed by atoms with Crippen LogP contribution in [0.1, 0.15) is 71.0 Å². The average Bonchev–Trinajstić information content (AvgIpc) is 3.11. The molecule has 0 aromatic carbocycles. The second kappa shape index (κ2) is 6.81. The lowest BCUT2D eigenvalue weighted by atomic mass is 9.96. The minimum absolute atomic E-state index is 0.0598. The lowest BCUT2D eigenvalue weighted by Gasteiger charge is -2.32. The fraction of sp³-hybridized carbons (Fsp3) is 0.737. The Morgan fingerprint density at radius 3 is 2.52 bits per heavy atom. The zero-order valence-corrected chi connectivity index (χ0v) is 15.8. The SMILES string of the molecule is Cc1cc(NC(=O)[C@H]2CC(=O)N(C(C)(C)C)C2)n(C2CCCCC2)n1. The third-order valence-corrected chi connectivity index (χ3v) is 5.34. The van der Waals surface area contributed by atoms with E-state index in [0.717, 1.165) is 24.4 Å². The maximum absolute atomic E-state index is 12.7. The van der Waals surface area contributed by atoms with E-state index >= 15 is 0 Å². The highest BCUT2D eigenvalue weighted by molar-refractivity contribution is 5.96. The molecule has 0 radical (unpaired) electrons. The number of hydrogen-bond donors (Lipinski definition) is 1. The highest BCUT2D eigenvalue weighted by Crippen LogP contribution is 2.31. The van der Waals surface area contributed by atoms with Crippen LogP contribution in [-0.4, -0.2) is 38.6 Å². The Hall–Kier alpha value is -1.85. The van der Waals surface area contributed by atoms with Crippen LogP contribution in [0.15, 0.2) is 6.07 Å². The van der Waals surface area contributed by atoms with Crippen molar-refractivity contribution >= 4 is 17.6 Å². The predicted octanol–water partition coefficient (Wildman–Crippen LogP) is 3.28. The topological polar surface area (TPSA) is 67.2 Å². The zero-order valence-electron chi connectivity index (χ0n) is 15.8. The summed E-state index contributed by atoms with van der Waals surface area (Å²) in [4.78, 5) is 26.8. The van der Waals surface area contributed by atoms with Crippen molar-refractivity contribution in [1.29, 1.82) is 0 Å². The van der Waals surface area contributed by atoms with Gasteiger partial charge in [-0.25, -0.2) is 4.68 Å². The van der Waals surface area contributed by atoms with Crippen LogP contribution in [0, 0.1) is 12.8 Å². The van der Waals surface area contributed by atoms with E-state index in [0.29, 0.717) is 19.0 Å². The van der Waals surface area contributed by atoms with E-state index in [-0.39, 0.29) is 23.3 Å². The van der Waals surface area contributed by atoms with E-state index in [2.05, 4.69) is 10.4 Å². The van der Waals surface area contributed by atoms with Gasteiger partial charge < -0.3 is 10.2 Å². The van der Waals surface area contributed by atoms with Gasteiger partial charge in [0.25, 0.3) is 0 Å². The van der Waals surface area contributed by atoms with Crippen molar-refractivity contribution in [3.8, 4) is 0 Å². The maximum Gasteiger partial charge on any atom is 0.230 e.